The second-order valence-corrected chi connectivity index (χ2v) is 6.45. The molecule has 116 valence electrons. The maximum Gasteiger partial charge on any atom is 0.237 e. The molecule has 1 saturated carbocycles. The summed E-state index contributed by atoms with van der Waals surface area (Å²) in [6, 6.07) is -0.0947. The van der Waals surface area contributed by atoms with Gasteiger partial charge in [0.05, 0.1) is 12.1 Å². The van der Waals surface area contributed by atoms with E-state index >= 15 is 0 Å². The van der Waals surface area contributed by atoms with E-state index in [-0.39, 0.29) is 23.6 Å². The van der Waals surface area contributed by atoms with Crippen LogP contribution in [0.1, 0.15) is 38.5 Å². The Morgan fingerprint density at radius 3 is 2.60 bits per heavy atom. The smallest absolute Gasteiger partial charge is 0.237 e. The minimum absolute atomic E-state index is 0.0947. The molecule has 0 aromatic carbocycles. The summed E-state index contributed by atoms with van der Waals surface area (Å²) < 4.78 is 5.29. The molecule has 20 heavy (non-hydrogen) atoms. The fourth-order valence-corrected chi connectivity index (χ4v) is 3.45. The Balaban J connectivity index is 1.85. The van der Waals surface area contributed by atoms with Gasteiger partial charge in [0, 0.05) is 25.7 Å². The second kappa shape index (κ2) is 6.87. The molecule has 1 amide bonds. The van der Waals surface area contributed by atoms with Crippen LogP contribution in [-0.2, 0) is 9.53 Å². The molecule has 2 unspecified atom stereocenters. The first-order valence-corrected chi connectivity index (χ1v) is 7.79. The molecule has 0 spiro atoms. The third kappa shape index (κ3) is 3.51. The van der Waals surface area contributed by atoms with E-state index in [4.69, 9.17) is 4.74 Å². The van der Waals surface area contributed by atoms with Gasteiger partial charge in [-0.2, -0.15) is 0 Å². The predicted octanol–water partition coefficient (Wildman–Crippen LogP) is 0.744. The number of carbonyl (C=O) groups excluding carboxylic acids is 1. The fraction of sp³-hybridized carbons (Fsp3) is 0.933. The zero-order chi connectivity index (χ0) is 14.6. The average molecular weight is 283 g/mol. The summed E-state index contributed by atoms with van der Waals surface area (Å²) in [7, 11) is 5.97. The normalized spacial score (nSPS) is 29.6. The number of methoxy groups -OCH3 is 1. The highest BCUT2D eigenvalue weighted by atomic mass is 16.5. The minimum Gasteiger partial charge on any atom is -0.380 e. The van der Waals surface area contributed by atoms with Crippen LogP contribution in [0, 0.1) is 0 Å². The van der Waals surface area contributed by atoms with E-state index < -0.39 is 0 Å². The van der Waals surface area contributed by atoms with Gasteiger partial charge in [-0.3, -0.25) is 4.79 Å². The van der Waals surface area contributed by atoms with E-state index in [2.05, 4.69) is 29.6 Å². The third-order valence-corrected chi connectivity index (χ3v) is 5.06. The zero-order valence-corrected chi connectivity index (χ0v) is 13.1. The van der Waals surface area contributed by atoms with Crippen LogP contribution >= 0.6 is 0 Å². The monoisotopic (exact) mass is 283 g/mol. The van der Waals surface area contributed by atoms with E-state index in [1.807, 2.05) is 0 Å². The number of rotatable bonds is 5. The molecule has 0 radical (unpaired) electrons. The molecule has 1 saturated heterocycles. The van der Waals surface area contributed by atoms with Crippen molar-refractivity contribution in [3.63, 3.8) is 0 Å². The highest BCUT2D eigenvalue weighted by Gasteiger charge is 2.36. The van der Waals surface area contributed by atoms with Crippen LogP contribution in [0.3, 0.4) is 0 Å². The van der Waals surface area contributed by atoms with Gasteiger partial charge in [-0.15, -0.1) is 0 Å². The first kappa shape index (κ1) is 15.7. The van der Waals surface area contributed by atoms with Gasteiger partial charge >= 0.3 is 0 Å². The summed E-state index contributed by atoms with van der Waals surface area (Å²) >= 11 is 0. The largest absolute Gasteiger partial charge is 0.380 e. The predicted molar refractivity (Wildman–Crippen MR) is 79.7 cm³/mol. The number of likely N-dealkylation sites (N-methyl/N-ethyl adjacent to an activating group) is 1. The van der Waals surface area contributed by atoms with Gasteiger partial charge in [0.15, 0.2) is 0 Å². The molecule has 2 N–H and O–H groups in total. The van der Waals surface area contributed by atoms with Gasteiger partial charge < -0.3 is 20.3 Å². The van der Waals surface area contributed by atoms with Crippen molar-refractivity contribution in [2.45, 2.75) is 56.2 Å². The Kier molecular flexibility index (Phi) is 5.41. The number of hydrogen-bond acceptors (Lipinski definition) is 4. The average Bonchev–Trinajstić information content (AvgIpc) is 2.94. The van der Waals surface area contributed by atoms with Crippen molar-refractivity contribution in [1.82, 2.24) is 15.5 Å². The molecular formula is C15H29N3O2. The van der Waals surface area contributed by atoms with E-state index in [1.54, 1.807) is 7.11 Å². The SMILES string of the molecule is COC1CNC(C(=O)NCC2(N(C)C)CCCCC2)C1. The quantitative estimate of drug-likeness (QED) is 0.781. The summed E-state index contributed by atoms with van der Waals surface area (Å²) in [5.74, 6) is 0.122. The molecule has 0 aromatic rings. The molecule has 0 aromatic heterocycles. The number of nitrogens with one attached hydrogen (secondary N) is 2. The highest BCUT2D eigenvalue weighted by molar-refractivity contribution is 5.82. The first-order valence-electron chi connectivity index (χ1n) is 7.79. The Labute approximate surface area is 122 Å². The molecule has 2 fully saturated rings. The van der Waals surface area contributed by atoms with Crippen molar-refractivity contribution in [3.8, 4) is 0 Å². The van der Waals surface area contributed by atoms with E-state index in [9.17, 15) is 4.79 Å². The Bertz CT molecular complexity index is 327. The Morgan fingerprint density at radius 2 is 2.05 bits per heavy atom. The lowest BCUT2D eigenvalue weighted by Gasteiger charge is -2.43. The molecule has 1 aliphatic heterocycles. The van der Waals surface area contributed by atoms with Crippen LogP contribution < -0.4 is 10.6 Å². The van der Waals surface area contributed by atoms with E-state index in [0.29, 0.717) is 0 Å². The zero-order valence-electron chi connectivity index (χ0n) is 13.1. The summed E-state index contributed by atoms with van der Waals surface area (Å²) in [6.45, 7) is 1.53. The van der Waals surface area contributed by atoms with Crippen LogP contribution in [0.5, 0.6) is 0 Å². The molecule has 0 bridgehead atoms. The van der Waals surface area contributed by atoms with Crippen molar-refractivity contribution in [3.05, 3.63) is 0 Å². The van der Waals surface area contributed by atoms with Gasteiger partial charge in [0.25, 0.3) is 0 Å². The van der Waals surface area contributed by atoms with Crippen LogP contribution in [0.15, 0.2) is 0 Å². The number of amides is 1. The maximum atomic E-state index is 12.3. The summed E-state index contributed by atoms with van der Waals surface area (Å²) in [4.78, 5) is 14.6. The van der Waals surface area contributed by atoms with E-state index in [0.717, 1.165) is 19.5 Å². The standard InChI is InChI=1S/C15H29N3O2/c1-18(2)15(7-5-4-6-8-15)11-17-14(19)13-9-12(20-3)10-16-13/h12-13,16H,4-11H2,1-3H3,(H,17,19). The first-order chi connectivity index (χ1) is 9.57. The molecule has 2 aliphatic rings. The number of hydrogen-bond donors (Lipinski definition) is 2. The Morgan fingerprint density at radius 1 is 1.35 bits per heavy atom. The lowest BCUT2D eigenvalue weighted by atomic mass is 9.80. The molecule has 1 heterocycles. The topological polar surface area (TPSA) is 53.6 Å². The van der Waals surface area contributed by atoms with Crippen molar-refractivity contribution < 1.29 is 9.53 Å². The van der Waals surface area contributed by atoms with Crippen molar-refractivity contribution in [2.24, 2.45) is 0 Å². The molecule has 5 heteroatoms. The number of nitrogens with zero attached hydrogens (tertiary/aromatic N) is 1. The number of carbonyl (C=O) groups is 1. The van der Waals surface area contributed by atoms with Crippen molar-refractivity contribution in [2.75, 3.05) is 34.3 Å². The van der Waals surface area contributed by atoms with E-state index in [1.165, 1.54) is 32.1 Å². The van der Waals surface area contributed by atoms with Crippen LogP contribution in [0.4, 0.5) is 0 Å². The molecule has 5 nitrogen and oxygen atoms in total. The lowest BCUT2D eigenvalue weighted by molar-refractivity contribution is -0.123. The molecule has 2 atom stereocenters. The lowest BCUT2D eigenvalue weighted by Crippen LogP contribution is -2.55. The minimum atomic E-state index is -0.0947. The molecule has 1 aliphatic carbocycles. The highest BCUT2D eigenvalue weighted by Crippen LogP contribution is 2.31. The number of ether oxygens (including phenoxy) is 1. The van der Waals surface area contributed by atoms with Gasteiger partial charge in [0.2, 0.25) is 5.91 Å². The Hall–Kier alpha value is -0.650. The van der Waals surface area contributed by atoms with Gasteiger partial charge in [-0.1, -0.05) is 19.3 Å². The molecular weight excluding hydrogens is 254 g/mol. The summed E-state index contributed by atoms with van der Waals surface area (Å²) in [5.41, 5.74) is 0.146. The summed E-state index contributed by atoms with van der Waals surface area (Å²) in [6.07, 6.45) is 7.16. The van der Waals surface area contributed by atoms with Gasteiger partial charge in [-0.05, 0) is 33.4 Å². The molecule has 2 rings (SSSR count). The van der Waals surface area contributed by atoms with Crippen molar-refractivity contribution >= 4 is 5.91 Å². The van der Waals surface area contributed by atoms with Crippen molar-refractivity contribution in [1.29, 1.82) is 0 Å². The second-order valence-electron chi connectivity index (χ2n) is 6.45. The third-order valence-electron chi connectivity index (χ3n) is 5.06. The summed E-state index contributed by atoms with van der Waals surface area (Å²) in [5, 5.41) is 6.40. The fourth-order valence-electron chi connectivity index (χ4n) is 3.45. The maximum absolute atomic E-state index is 12.3. The van der Waals surface area contributed by atoms with Gasteiger partial charge in [-0.25, -0.2) is 0 Å². The van der Waals surface area contributed by atoms with Crippen LogP contribution in [0.2, 0.25) is 0 Å². The van der Waals surface area contributed by atoms with Crippen LogP contribution in [-0.4, -0.2) is 62.8 Å². The van der Waals surface area contributed by atoms with Crippen LogP contribution in [0.25, 0.3) is 0 Å². The van der Waals surface area contributed by atoms with Gasteiger partial charge in [0.1, 0.15) is 0 Å².